The number of anilines is 2. The molecule has 8 heteroatoms. The second kappa shape index (κ2) is 9.37. The molecule has 1 aliphatic rings. The number of aryl methyl sites for hydroxylation is 1. The lowest BCUT2D eigenvalue weighted by molar-refractivity contribution is 0.199. The first-order chi connectivity index (χ1) is 16.1. The van der Waals surface area contributed by atoms with E-state index in [-0.39, 0.29) is 0 Å². The highest BCUT2D eigenvalue weighted by molar-refractivity contribution is 6.30. The van der Waals surface area contributed by atoms with Crippen LogP contribution in [0.1, 0.15) is 41.1 Å². The van der Waals surface area contributed by atoms with E-state index in [1.54, 1.807) is 6.20 Å². The summed E-state index contributed by atoms with van der Waals surface area (Å²) in [5.41, 5.74) is 12.3. The molecule has 1 fully saturated rings. The molecule has 0 amide bonds. The normalized spacial score (nSPS) is 16.8. The summed E-state index contributed by atoms with van der Waals surface area (Å²) < 4.78 is 1.89. The van der Waals surface area contributed by atoms with Crippen molar-refractivity contribution in [3.05, 3.63) is 82.4 Å². The molecule has 170 valence electrons. The molecular formula is C25H28ClN7. The Morgan fingerprint density at radius 1 is 1.21 bits per heavy atom. The zero-order valence-electron chi connectivity index (χ0n) is 18.7. The summed E-state index contributed by atoms with van der Waals surface area (Å²) in [6.07, 6.45) is 7.77. The van der Waals surface area contributed by atoms with Crippen molar-refractivity contribution in [2.45, 2.75) is 38.8 Å². The van der Waals surface area contributed by atoms with E-state index >= 15 is 0 Å². The van der Waals surface area contributed by atoms with Gasteiger partial charge in [0.1, 0.15) is 5.82 Å². The van der Waals surface area contributed by atoms with Crippen LogP contribution in [0.5, 0.6) is 0 Å². The summed E-state index contributed by atoms with van der Waals surface area (Å²) >= 11 is 6.21. The molecule has 3 aromatic heterocycles. The predicted octanol–water partition coefficient (Wildman–Crippen LogP) is 4.66. The number of benzene rings is 1. The van der Waals surface area contributed by atoms with Crippen molar-refractivity contribution in [1.82, 2.24) is 24.5 Å². The summed E-state index contributed by atoms with van der Waals surface area (Å²) in [5.74, 6) is 1.29. The Morgan fingerprint density at radius 3 is 2.97 bits per heavy atom. The van der Waals surface area contributed by atoms with Gasteiger partial charge in [0.05, 0.1) is 11.9 Å². The number of fused-ring (bicyclic) bond motifs is 1. The van der Waals surface area contributed by atoms with E-state index in [0.29, 0.717) is 12.5 Å². The van der Waals surface area contributed by atoms with Crippen molar-refractivity contribution in [1.29, 1.82) is 0 Å². The smallest absolute Gasteiger partial charge is 0.160 e. The predicted molar refractivity (Wildman–Crippen MR) is 132 cm³/mol. The third-order valence-corrected chi connectivity index (χ3v) is 6.52. The SMILES string of the molecule is Cc1cnn2c(NCc3cccnc3)cc(C3CCCN(Cc4cc(Cl)ccc4N)C3)nc12. The summed E-state index contributed by atoms with van der Waals surface area (Å²) in [7, 11) is 0. The highest BCUT2D eigenvalue weighted by atomic mass is 35.5. The molecule has 5 rings (SSSR count). The van der Waals surface area contributed by atoms with Crippen molar-refractivity contribution in [3.8, 4) is 0 Å². The first-order valence-corrected chi connectivity index (χ1v) is 11.7. The maximum absolute atomic E-state index is 6.21. The van der Waals surface area contributed by atoms with Crippen molar-refractivity contribution in [2.75, 3.05) is 24.1 Å². The second-order valence-corrected chi connectivity index (χ2v) is 9.20. The van der Waals surface area contributed by atoms with Gasteiger partial charge < -0.3 is 11.1 Å². The van der Waals surface area contributed by atoms with Crippen LogP contribution < -0.4 is 11.1 Å². The van der Waals surface area contributed by atoms with Crippen LogP contribution in [0.2, 0.25) is 5.02 Å². The quantitative estimate of drug-likeness (QED) is 0.406. The molecule has 4 aromatic rings. The Kier molecular flexibility index (Phi) is 6.15. The molecular weight excluding hydrogens is 434 g/mol. The van der Waals surface area contributed by atoms with Crippen molar-refractivity contribution in [2.24, 2.45) is 0 Å². The average Bonchev–Trinajstić information content (AvgIpc) is 3.21. The number of hydrogen-bond donors (Lipinski definition) is 2. The molecule has 0 aliphatic carbocycles. The molecule has 0 spiro atoms. The lowest BCUT2D eigenvalue weighted by atomic mass is 9.94. The van der Waals surface area contributed by atoms with Crippen LogP contribution in [0.3, 0.4) is 0 Å². The van der Waals surface area contributed by atoms with E-state index in [9.17, 15) is 0 Å². The van der Waals surface area contributed by atoms with Gasteiger partial charge in [-0.1, -0.05) is 17.7 Å². The van der Waals surface area contributed by atoms with Gasteiger partial charge in [0, 0.05) is 60.3 Å². The van der Waals surface area contributed by atoms with Gasteiger partial charge in [0.15, 0.2) is 5.65 Å². The van der Waals surface area contributed by atoms with Crippen LogP contribution in [0.15, 0.2) is 55.0 Å². The number of nitrogen functional groups attached to an aromatic ring is 1. The van der Waals surface area contributed by atoms with Crippen LogP contribution in [0.4, 0.5) is 11.5 Å². The number of pyridine rings is 1. The largest absolute Gasteiger partial charge is 0.398 e. The van der Waals surface area contributed by atoms with E-state index in [1.807, 2.05) is 41.2 Å². The Labute approximate surface area is 198 Å². The van der Waals surface area contributed by atoms with Gasteiger partial charge in [-0.25, -0.2) is 4.98 Å². The number of rotatable bonds is 6. The molecule has 0 bridgehead atoms. The minimum atomic E-state index is 0.345. The third kappa shape index (κ3) is 4.79. The van der Waals surface area contributed by atoms with Crippen molar-refractivity contribution < 1.29 is 0 Å². The fraction of sp³-hybridized carbons (Fsp3) is 0.320. The van der Waals surface area contributed by atoms with Gasteiger partial charge in [0.2, 0.25) is 0 Å². The van der Waals surface area contributed by atoms with E-state index in [1.165, 1.54) is 0 Å². The molecule has 1 atom stereocenters. The first kappa shape index (κ1) is 21.7. The highest BCUT2D eigenvalue weighted by Gasteiger charge is 2.24. The zero-order valence-corrected chi connectivity index (χ0v) is 19.5. The monoisotopic (exact) mass is 461 g/mol. The van der Waals surface area contributed by atoms with E-state index < -0.39 is 0 Å². The topological polar surface area (TPSA) is 84.4 Å². The minimum Gasteiger partial charge on any atom is -0.398 e. The van der Waals surface area contributed by atoms with Gasteiger partial charge in [-0.15, -0.1) is 0 Å². The number of halogens is 1. The number of nitrogens with zero attached hydrogens (tertiary/aromatic N) is 5. The standard InChI is InChI=1S/C25H28ClN7/c1-17-12-30-33-24(29-14-18-4-2-8-28-13-18)11-23(31-25(17)33)19-5-3-9-32(15-19)16-20-10-21(26)6-7-22(20)27/h2,4,6-8,10-13,19,29H,3,5,9,14-16,27H2,1H3. The van der Waals surface area contributed by atoms with Gasteiger partial charge in [-0.05, 0) is 61.7 Å². The fourth-order valence-electron chi connectivity index (χ4n) is 4.51. The van der Waals surface area contributed by atoms with Crippen LogP contribution in [-0.4, -0.2) is 37.6 Å². The number of aromatic nitrogens is 4. The summed E-state index contributed by atoms with van der Waals surface area (Å²) in [6.45, 7) is 5.51. The number of hydrogen-bond acceptors (Lipinski definition) is 6. The molecule has 7 nitrogen and oxygen atoms in total. The molecule has 0 saturated carbocycles. The Balaban J connectivity index is 1.39. The van der Waals surface area contributed by atoms with E-state index in [4.69, 9.17) is 22.3 Å². The third-order valence-electron chi connectivity index (χ3n) is 6.29. The number of likely N-dealkylation sites (tertiary alicyclic amines) is 1. The van der Waals surface area contributed by atoms with Crippen LogP contribution in [0, 0.1) is 6.92 Å². The van der Waals surface area contributed by atoms with Crippen molar-refractivity contribution in [3.63, 3.8) is 0 Å². The number of piperidine rings is 1. The van der Waals surface area contributed by atoms with E-state index in [0.717, 1.165) is 77.0 Å². The Bertz CT molecular complexity index is 1250. The second-order valence-electron chi connectivity index (χ2n) is 8.76. The molecule has 4 heterocycles. The summed E-state index contributed by atoms with van der Waals surface area (Å²) in [6, 6.07) is 11.9. The highest BCUT2D eigenvalue weighted by Crippen LogP contribution is 2.30. The van der Waals surface area contributed by atoms with Crippen LogP contribution in [-0.2, 0) is 13.1 Å². The lowest BCUT2D eigenvalue weighted by Gasteiger charge is -2.33. The van der Waals surface area contributed by atoms with Crippen molar-refractivity contribution >= 4 is 28.8 Å². The molecule has 0 radical (unpaired) electrons. The van der Waals surface area contributed by atoms with E-state index in [2.05, 4.69) is 39.4 Å². The minimum absolute atomic E-state index is 0.345. The lowest BCUT2D eigenvalue weighted by Crippen LogP contribution is -2.34. The first-order valence-electron chi connectivity index (χ1n) is 11.3. The molecule has 1 saturated heterocycles. The van der Waals surface area contributed by atoms with Gasteiger partial charge in [0.25, 0.3) is 0 Å². The average molecular weight is 462 g/mol. The van der Waals surface area contributed by atoms with Gasteiger partial charge in [-0.3, -0.25) is 9.88 Å². The summed E-state index contributed by atoms with van der Waals surface area (Å²) in [5, 5.41) is 8.80. The molecule has 1 aromatic carbocycles. The number of nitrogens with one attached hydrogen (secondary N) is 1. The maximum Gasteiger partial charge on any atom is 0.160 e. The number of nitrogens with two attached hydrogens (primary N) is 1. The maximum atomic E-state index is 6.21. The summed E-state index contributed by atoms with van der Waals surface area (Å²) in [4.78, 5) is 11.7. The van der Waals surface area contributed by atoms with Gasteiger partial charge in [-0.2, -0.15) is 9.61 Å². The Morgan fingerprint density at radius 2 is 2.12 bits per heavy atom. The van der Waals surface area contributed by atoms with Gasteiger partial charge >= 0.3 is 0 Å². The molecule has 1 aliphatic heterocycles. The van der Waals surface area contributed by atoms with Crippen LogP contribution >= 0.6 is 11.6 Å². The Hall–Kier alpha value is -3.16. The molecule has 33 heavy (non-hydrogen) atoms. The zero-order chi connectivity index (χ0) is 22.8. The van der Waals surface area contributed by atoms with Crippen LogP contribution in [0.25, 0.3) is 5.65 Å². The molecule has 1 unspecified atom stereocenters. The fourth-order valence-corrected chi connectivity index (χ4v) is 4.71. The molecule has 3 N–H and O–H groups in total.